The van der Waals surface area contributed by atoms with E-state index in [1.807, 2.05) is 0 Å². The van der Waals surface area contributed by atoms with Crippen LogP contribution in [0.3, 0.4) is 0 Å². The summed E-state index contributed by atoms with van der Waals surface area (Å²) in [5, 5.41) is 6.80. The summed E-state index contributed by atoms with van der Waals surface area (Å²) in [7, 11) is 1.66. The van der Waals surface area contributed by atoms with Crippen molar-refractivity contribution in [3.63, 3.8) is 0 Å². The predicted octanol–water partition coefficient (Wildman–Crippen LogP) is 1.50. The Morgan fingerprint density at radius 3 is 2.93 bits per heavy atom. The van der Waals surface area contributed by atoms with Crippen molar-refractivity contribution in [2.75, 3.05) is 33.4 Å². The lowest BCUT2D eigenvalue weighted by atomic mass is 9.97. The van der Waals surface area contributed by atoms with Crippen molar-refractivity contribution < 1.29 is 9.53 Å². The smallest absolute Gasteiger partial charge is 0.262 e. The van der Waals surface area contributed by atoms with Crippen molar-refractivity contribution in [1.82, 2.24) is 20.2 Å². The van der Waals surface area contributed by atoms with Gasteiger partial charge in [-0.1, -0.05) is 0 Å². The molecule has 0 fully saturated rings. The number of aryl methyl sites for hydroxylation is 3. The molecule has 0 radical (unpaired) electrons. The number of amides is 1. The minimum Gasteiger partial charge on any atom is -0.383 e. The molecule has 2 aromatic heterocycles. The molecule has 1 amide bonds. The van der Waals surface area contributed by atoms with Crippen LogP contribution in [0, 0.1) is 0 Å². The van der Waals surface area contributed by atoms with Crippen LogP contribution in [0.5, 0.6) is 0 Å². The summed E-state index contributed by atoms with van der Waals surface area (Å²) in [4.78, 5) is 31.4. The number of hydrogen-bond donors (Lipinski definition) is 2. The maximum atomic E-state index is 12.8. The van der Waals surface area contributed by atoms with E-state index >= 15 is 0 Å². The monoisotopic (exact) mass is 414 g/mol. The maximum Gasteiger partial charge on any atom is 0.262 e. The lowest BCUT2D eigenvalue weighted by Crippen LogP contribution is -2.34. The van der Waals surface area contributed by atoms with Crippen LogP contribution < -0.4 is 16.2 Å². The second-order valence-electron chi connectivity index (χ2n) is 6.48. The number of ether oxygens (including phenoxy) is 1. The Balaban J connectivity index is 0.00000261. The van der Waals surface area contributed by atoms with Gasteiger partial charge in [-0.05, 0) is 31.2 Å². The van der Waals surface area contributed by atoms with Crippen LogP contribution in [0.25, 0.3) is 10.2 Å². The Labute approximate surface area is 168 Å². The van der Waals surface area contributed by atoms with Gasteiger partial charge in [-0.25, -0.2) is 4.98 Å². The first-order chi connectivity index (χ1) is 12.7. The van der Waals surface area contributed by atoms with E-state index in [1.54, 1.807) is 29.3 Å². The number of aromatic nitrogens is 2. The summed E-state index contributed by atoms with van der Waals surface area (Å²) < 4.78 is 6.51. The van der Waals surface area contributed by atoms with E-state index in [0.29, 0.717) is 26.2 Å². The molecule has 7 nitrogen and oxygen atoms in total. The lowest BCUT2D eigenvalue weighted by Gasteiger charge is -2.10. The van der Waals surface area contributed by atoms with Gasteiger partial charge in [0.2, 0.25) is 5.91 Å². The summed E-state index contributed by atoms with van der Waals surface area (Å²) in [5.74, 6) is -0.0575. The molecular formula is C18H27ClN4O3S. The summed E-state index contributed by atoms with van der Waals surface area (Å²) in [6, 6.07) is 0. The van der Waals surface area contributed by atoms with Crippen molar-refractivity contribution in [2.45, 2.75) is 38.6 Å². The molecule has 0 bridgehead atoms. The first kappa shape index (κ1) is 21.8. The molecule has 0 saturated heterocycles. The number of halogens is 1. The van der Waals surface area contributed by atoms with E-state index in [2.05, 4.69) is 15.6 Å². The summed E-state index contributed by atoms with van der Waals surface area (Å²) >= 11 is 1.65. The van der Waals surface area contributed by atoms with Gasteiger partial charge in [-0.2, -0.15) is 0 Å². The van der Waals surface area contributed by atoms with Gasteiger partial charge in [-0.3, -0.25) is 14.2 Å². The Morgan fingerprint density at radius 1 is 1.30 bits per heavy atom. The second-order valence-corrected chi connectivity index (χ2v) is 7.56. The van der Waals surface area contributed by atoms with Crippen LogP contribution >= 0.6 is 23.7 Å². The molecule has 0 aliphatic heterocycles. The minimum absolute atomic E-state index is 0. The highest BCUT2D eigenvalue weighted by atomic mass is 35.5. The fourth-order valence-corrected chi connectivity index (χ4v) is 4.46. The standard InChI is InChI=1S/C18H26N4O3S.ClH/c1-25-11-9-19-7-8-20-15(23)6-10-22-12-21-17-16(18(22)24)13-4-2-3-5-14(13)26-17;/h12,19H,2-11H2,1H3,(H,20,23);1H. The van der Waals surface area contributed by atoms with Crippen LogP contribution in [0.15, 0.2) is 11.1 Å². The van der Waals surface area contributed by atoms with Crippen LogP contribution in [0.2, 0.25) is 0 Å². The molecule has 0 saturated carbocycles. The van der Waals surface area contributed by atoms with Gasteiger partial charge in [0.15, 0.2) is 0 Å². The van der Waals surface area contributed by atoms with E-state index in [-0.39, 0.29) is 30.3 Å². The van der Waals surface area contributed by atoms with Crippen molar-refractivity contribution in [2.24, 2.45) is 0 Å². The summed E-state index contributed by atoms with van der Waals surface area (Å²) in [5.41, 5.74) is 1.18. The number of methoxy groups -OCH3 is 1. The molecule has 2 heterocycles. The number of nitrogens with zero attached hydrogens (tertiary/aromatic N) is 2. The second kappa shape index (κ2) is 10.8. The van der Waals surface area contributed by atoms with Crippen LogP contribution in [-0.2, 0) is 28.9 Å². The number of carbonyl (C=O) groups is 1. The highest BCUT2D eigenvalue weighted by molar-refractivity contribution is 7.18. The first-order valence-corrected chi connectivity index (χ1v) is 9.98. The van der Waals surface area contributed by atoms with Crippen LogP contribution in [0.4, 0.5) is 0 Å². The van der Waals surface area contributed by atoms with Crippen molar-refractivity contribution >= 4 is 39.9 Å². The first-order valence-electron chi connectivity index (χ1n) is 9.16. The highest BCUT2D eigenvalue weighted by Crippen LogP contribution is 2.33. The fraction of sp³-hybridized carbons (Fsp3) is 0.611. The largest absolute Gasteiger partial charge is 0.383 e. The average molecular weight is 415 g/mol. The average Bonchev–Trinajstić information content (AvgIpc) is 3.03. The molecule has 9 heteroatoms. The predicted molar refractivity (Wildman–Crippen MR) is 110 cm³/mol. The molecule has 2 N–H and O–H groups in total. The molecule has 150 valence electrons. The molecule has 3 rings (SSSR count). The number of rotatable bonds is 9. The molecule has 2 aromatic rings. The van der Waals surface area contributed by atoms with Crippen molar-refractivity contribution in [3.05, 3.63) is 27.1 Å². The molecule has 0 aromatic carbocycles. The number of fused-ring (bicyclic) bond motifs is 3. The quantitative estimate of drug-likeness (QED) is 0.607. The van der Waals surface area contributed by atoms with Gasteiger partial charge < -0.3 is 15.4 Å². The number of hydrogen-bond acceptors (Lipinski definition) is 6. The maximum absolute atomic E-state index is 12.8. The van der Waals surface area contributed by atoms with Gasteiger partial charge in [0.05, 0.1) is 18.3 Å². The number of thiophene rings is 1. The minimum atomic E-state index is -0.0575. The molecule has 0 spiro atoms. The molecule has 1 aliphatic rings. The third-order valence-electron chi connectivity index (χ3n) is 4.63. The molecule has 1 aliphatic carbocycles. The molecule has 0 unspecified atom stereocenters. The van der Waals surface area contributed by atoms with E-state index in [0.717, 1.165) is 36.0 Å². The van der Waals surface area contributed by atoms with E-state index < -0.39 is 0 Å². The molecule has 0 atom stereocenters. The van der Waals surface area contributed by atoms with Gasteiger partial charge in [0.25, 0.3) is 5.56 Å². The molecular weight excluding hydrogens is 388 g/mol. The van der Waals surface area contributed by atoms with E-state index in [4.69, 9.17) is 4.74 Å². The summed E-state index contributed by atoms with van der Waals surface area (Å²) in [6.07, 6.45) is 6.19. The highest BCUT2D eigenvalue weighted by Gasteiger charge is 2.20. The van der Waals surface area contributed by atoms with Gasteiger partial charge in [0.1, 0.15) is 4.83 Å². The molecule has 27 heavy (non-hydrogen) atoms. The lowest BCUT2D eigenvalue weighted by molar-refractivity contribution is -0.121. The zero-order valence-corrected chi connectivity index (χ0v) is 17.2. The van der Waals surface area contributed by atoms with Crippen LogP contribution in [-0.4, -0.2) is 48.8 Å². The van der Waals surface area contributed by atoms with Crippen molar-refractivity contribution in [1.29, 1.82) is 0 Å². The van der Waals surface area contributed by atoms with E-state index in [1.165, 1.54) is 16.9 Å². The van der Waals surface area contributed by atoms with E-state index in [9.17, 15) is 9.59 Å². The zero-order chi connectivity index (χ0) is 18.4. The Bertz CT molecular complexity index is 821. The number of carbonyl (C=O) groups excluding carboxylic acids is 1. The van der Waals surface area contributed by atoms with Crippen molar-refractivity contribution in [3.8, 4) is 0 Å². The Morgan fingerprint density at radius 2 is 2.11 bits per heavy atom. The van der Waals surface area contributed by atoms with Gasteiger partial charge in [-0.15, -0.1) is 23.7 Å². The third-order valence-corrected chi connectivity index (χ3v) is 5.83. The Hall–Kier alpha value is -1.48. The zero-order valence-electron chi connectivity index (χ0n) is 15.6. The SMILES string of the molecule is COCCNCCNC(=O)CCn1cnc2sc3c(c2c1=O)CCCC3.Cl. The van der Waals surface area contributed by atoms with Gasteiger partial charge in [0, 0.05) is 44.6 Å². The summed E-state index contributed by atoms with van der Waals surface area (Å²) in [6.45, 7) is 3.03. The van der Waals surface area contributed by atoms with Crippen LogP contribution in [0.1, 0.15) is 29.7 Å². The van der Waals surface area contributed by atoms with Gasteiger partial charge >= 0.3 is 0 Å². The number of nitrogens with one attached hydrogen (secondary N) is 2. The Kier molecular flexibility index (Phi) is 8.69. The normalized spacial score (nSPS) is 13.2. The third kappa shape index (κ3) is 5.51. The fourth-order valence-electron chi connectivity index (χ4n) is 3.24. The topological polar surface area (TPSA) is 85.2 Å².